The largest absolute Gasteiger partial charge is 0.478 e. The maximum Gasteiger partial charge on any atom is 0.335 e. The van der Waals surface area contributed by atoms with Gasteiger partial charge in [0.15, 0.2) is 5.16 Å². The van der Waals surface area contributed by atoms with Gasteiger partial charge in [0.25, 0.3) is 16.9 Å². The topological polar surface area (TPSA) is 158 Å². The second-order valence-electron chi connectivity index (χ2n) is 6.67. The van der Waals surface area contributed by atoms with Crippen LogP contribution in [0.2, 0.25) is 0 Å². The molecule has 0 bridgehead atoms. The predicted octanol–water partition coefficient (Wildman–Crippen LogP) is 4.05. The molecule has 1 N–H and O–H groups in total. The van der Waals surface area contributed by atoms with E-state index in [1.54, 1.807) is 24.3 Å². The van der Waals surface area contributed by atoms with Gasteiger partial charge in [0, 0.05) is 6.07 Å². The number of nitrogens with zero attached hydrogens (tertiary/aromatic N) is 4. The number of fused-ring (bicyclic) bond motifs is 1. The molecule has 3 aromatic carbocycles. The first-order valence-electron chi connectivity index (χ1n) is 9.22. The molecule has 0 saturated carbocycles. The Labute approximate surface area is 188 Å². The van der Waals surface area contributed by atoms with E-state index in [2.05, 4.69) is 4.98 Å². The maximum atomic E-state index is 13.3. The second-order valence-corrected chi connectivity index (χ2v) is 7.68. The smallest absolute Gasteiger partial charge is 0.335 e. The normalized spacial score (nSPS) is 10.8. The van der Waals surface area contributed by atoms with Crippen molar-refractivity contribution in [2.24, 2.45) is 0 Å². The van der Waals surface area contributed by atoms with Crippen molar-refractivity contribution < 1.29 is 19.7 Å². The van der Waals surface area contributed by atoms with Crippen LogP contribution in [0.3, 0.4) is 0 Å². The van der Waals surface area contributed by atoms with E-state index in [0.29, 0.717) is 16.6 Å². The van der Waals surface area contributed by atoms with Gasteiger partial charge in [-0.3, -0.25) is 29.6 Å². The number of nitro groups is 2. The summed E-state index contributed by atoms with van der Waals surface area (Å²) in [5, 5.41) is 32.1. The molecule has 0 aliphatic carbocycles. The summed E-state index contributed by atoms with van der Waals surface area (Å²) in [5.41, 5.74) is -0.747. The maximum absolute atomic E-state index is 13.3. The summed E-state index contributed by atoms with van der Waals surface area (Å²) in [5.74, 6) is -1.14. The number of hydrogen-bond acceptors (Lipinski definition) is 8. The zero-order valence-corrected chi connectivity index (χ0v) is 17.3. The molecule has 4 rings (SSSR count). The number of nitro benzene ring substituents is 2. The summed E-state index contributed by atoms with van der Waals surface area (Å²) in [6.07, 6.45) is 0. The zero-order valence-electron chi connectivity index (χ0n) is 16.4. The Morgan fingerprint density at radius 1 is 0.970 bits per heavy atom. The highest BCUT2D eigenvalue weighted by Gasteiger charge is 2.23. The summed E-state index contributed by atoms with van der Waals surface area (Å²) >= 11 is 0.795. The molecule has 0 spiro atoms. The van der Waals surface area contributed by atoms with Crippen molar-refractivity contribution in [2.75, 3.05) is 0 Å². The number of carbonyl (C=O) groups is 1. The SMILES string of the molecule is O=C(O)c1ccc(-n2c(Sc3ccc([N+](=O)[O-])cc3[N+](=O)[O-])nc3ccccc3c2=O)cc1. The Hall–Kier alpha value is -4.58. The summed E-state index contributed by atoms with van der Waals surface area (Å²) < 4.78 is 1.21. The first-order chi connectivity index (χ1) is 15.8. The number of para-hydroxylation sites is 1. The van der Waals surface area contributed by atoms with Crippen LogP contribution in [-0.4, -0.2) is 30.5 Å². The fourth-order valence-electron chi connectivity index (χ4n) is 3.11. The average molecular weight is 464 g/mol. The molecule has 0 saturated heterocycles. The molecule has 0 aliphatic rings. The lowest BCUT2D eigenvalue weighted by atomic mass is 10.2. The lowest BCUT2D eigenvalue weighted by molar-refractivity contribution is -0.396. The number of non-ortho nitro benzene ring substituents is 1. The number of rotatable bonds is 6. The molecule has 0 aliphatic heterocycles. The Balaban J connectivity index is 1.93. The van der Waals surface area contributed by atoms with Crippen molar-refractivity contribution in [1.29, 1.82) is 0 Å². The van der Waals surface area contributed by atoms with Gasteiger partial charge in [0.2, 0.25) is 0 Å². The molecule has 0 atom stereocenters. The third-order valence-electron chi connectivity index (χ3n) is 4.67. The second kappa shape index (κ2) is 8.51. The minimum Gasteiger partial charge on any atom is -0.478 e. The van der Waals surface area contributed by atoms with Gasteiger partial charge < -0.3 is 5.11 Å². The van der Waals surface area contributed by atoms with Crippen LogP contribution < -0.4 is 5.56 Å². The van der Waals surface area contributed by atoms with Gasteiger partial charge in [-0.2, -0.15) is 0 Å². The van der Waals surface area contributed by atoms with E-state index >= 15 is 0 Å². The van der Waals surface area contributed by atoms with Crippen LogP contribution >= 0.6 is 11.8 Å². The first-order valence-corrected chi connectivity index (χ1v) is 10.0. The van der Waals surface area contributed by atoms with E-state index in [-0.39, 0.29) is 15.6 Å². The molecule has 1 heterocycles. The highest BCUT2D eigenvalue weighted by molar-refractivity contribution is 7.99. The molecule has 0 amide bonds. The highest BCUT2D eigenvalue weighted by atomic mass is 32.2. The van der Waals surface area contributed by atoms with Crippen LogP contribution in [-0.2, 0) is 0 Å². The minimum atomic E-state index is -1.14. The molecule has 12 heteroatoms. The van der Waals surface area contributed by atoms with Gasteiger partial charge in [-0.05, 0) is 54.2 Å². The number of hydrogen-bond donors (Lipinski definition) is 1. The van der Waals surface area contributed by atoms with E-state index < -0.39 is 32.7 Å². The van der Waals surface area contributed by atoms with Crippen LogP contribution in [0.4, 0.5) is 11.4 Å². The highest BCUT2D eigenvalue weighted by Crippen LogP contribution is 2.37. The Bertz CT molecular complexity index is 1500. The Kier molecular flexibility index (Phi) is 5.58. The average Bonchev–Trinajstić information content (AvgIpc) is 2.79. The van der Waals surface area contributed by atoms with E-state index in [1.807, 2.05) is 0 Å². The van der Waals surface area contributed by atoms with Gasteiger partial charge in [-0.15, -0.1) is 0 Å². The van der Waals surface area contributed by atoms with Crippen LogP contribution in [0.25, 0.3) is 16.6 Å². The van der Waals surface area contributed by atoms with Gasteiger partial charge in [-0.25, -0.2) is 9.78 Å². The first kappa shape index (κ1) is 21.6. The minimum absolute atomic E-state index is 0.0146. The third kappa shape index (κ3) is 4.14. The molecular formula is C21H12N4O7S. The summed E-state index contributed by atoms with van der Waals surface area (Å²) in [4.78, 5) is 50.1. The summed E-state index contributed by atoms with van der Waals surface area (Å²) in [6, 6.07) is 15.2. The molecule has 1 aromatic heterocycles. The number of carboxylic acid groups (broad SMARTS) is 1. The zero-order chi connectivity index (χ0) is 23.7. The molecule has 4 aromatic rings. The monoisotopic (exact) mass is 464 g/mol. The molecule has 0 radical (unpaired) electrons. The summed E-state index contributed by atoms with van der Waals surface area (Å²) in [6.45, 7) is 0. The number of aromatic carboxylic acids is 1. The van der Waals surface area contributed by atoms with E-state index in [9.17, 15) is 29.8 Å². The van der Waals surface area contributed by atoms with Crippen molar-refractivity contribution in [3.63, 3.8) is 0 Å². The Morgan fingerprint density at radius 2 is 1.67 bits per heavy atom. The van der Waals surface area contributed by atoms with Gasteiger partial charge in [0.05, 0.1) is 43.0 Å². The number of aromatic nitrogens is 2. The third-order valence-corrected chi connectivity index (χ3v) is 5.69. The Morgan fingerprint density at radius 3 is 2.30 bits per heavy atom. The predicted molar refractivity (Wildman–Crippen MR) is 118 cm³/mol. The van der Waals surface area contributed by atoms with Crippen molar-refractivity contribution in [3.05, 3.63) is 103 Å². The standard InChI is InChI=1S/C21H12N4O7S/c26-19-15-3-1-2-4-16(15)22-21(23(19)13-7-5-12(6-8-13)20(27)28)33-18-10-9-14(24(29)30)11-17(18)25(31)32/h1-11H,(H,27,28). The van der Waals surface area contributed by atoms with Gasteiger partial charge in [-0.1, -0.05) is 12.1 Å². The van der Waals surface area contributed by atoms with Gasteiger partial charge >= 0.3 is 5.97 Å². The van der Waals surface area contributed by atoms with Crippen molar-refractivity contribution in [1.82, 2.24) is 9.55 Å². The number of benzene rings is 3. The molecule has 0 fully saturated rings. The van der Waals surface area contributed by atoms with Crippen molar-refractivity contribution in [2.45, 2.75) is 10.1 Å². The fourth-order valence-corrected chi connectivity index (χ4v) is 4.10. The van der Waals surface area contributed by atoms with E-state index in [4.69, 9.17) is 5.11 Å². The fraction of sp³-hybridized carbons (Fsp3) is 0. The summed E-state index contributed by atoms with van der Waals surface area (Å²) in [7, 11) is 0. The lowest BCUT2D eigenvalue weighted by Gasteiger charge is -2.13. The molecule has 33 heavy (non-hydrogen) atoms. The number of carboxylic acids is 1. The van der Waals surface area contributed by atoms with Gasteiger partial charge in [0.1, 0.15) is 0 Å². The van der Waals surface area contributed by atoms with E-state index in [1.165, 1.54) is 34.9 Å². The molecule has 0 unspecified atom stereocenters. The van der Waals surface area contributed by atoms with Crippen LogP contribution in [0.15, 0.2) is 81.6 Å². The molecule has 11 nitrogen and oxygen atoms in total. The van der Waals surface area contributed by atoms with Crippen molar-refractivity contribution >= 4 is 40.0 Å². The molecular weight excluding hydrogens is 452 g/mol. The molecule has 164 valence electrons. The van der Waals surface area contributed by atoms with Crippen LogP contribution in [0.1, 0.15) is 10.4 Å². The van der Waals surface area contributed by atoms with Crippen LogP contribution in [0.5, 0.6) is 0 Å². The lowest BCUT2D eigenvalue weighted by Crippen LogP contribution is -2.21. The van der Waals surface area contributed by atoms with Crippen LogP contribution in [0, 0.1) is 20.2 Å². The van der Waals surface area contributed by atoms with Crippen molar-refractivity contribution in [3.8, 4) is 5.69 Å². The quantitative estimate of drug-likeness (QED) is 0.252. The van der Waals surface area contributed by atoms with E-state index in [0.717, 1.165) is 23.9 Å².